The van der Waals surface area contributed by atoms with Crippen molar-refractivity contribution >= 4 is 23.3 Å². The summed E-state index contributed by atoms with van der Waals surface area (Å²) in [6, 6.07) is 27.8. The molecule has 0 fully saturated rings. The number of aliphatic imine (C=N–C) groups is 1. The Hall–Kier alpha value is -4.52. The number of hydrogen-bond acceptors (Lipinski definition) is 5. The minimum Gasteiger partial charge on any atom is -0.444 e. The fourth-order valence-corrected chi connectivity index (χ4v) is 3.74. The molecular formula is C31H37N5O2. The van der Waals surface area contributed by atoms with E-state index in [1.807, 2.05) is 76.2 Å². The van der Waals surface area contributed by atoms with Crippen LogP contribution in [0, 0.1) is 0 Å². The number of amides is 1. The van der Waals surface area contributed by atoms with Gasteiger partial charge < -0.3 is 20.7 Å². The summed E-state index contributed by atoms with van der Waals surface area (Å²) < 4.78 is 5.35. The molecule has 198 valence electrons. The van der Waals surface area contributed by atoms with E-state index in [1.54, 1.807) is 12.1 Å². The van der Waals surface area contributed by atoms with Crippen LogP contribution < -0.4 is 16.4 Å². The molecule has 0 bridgehead atoms. The van der Waals surface area contributed by atoms with Crippen LogP contribution >= 0.6 is 0 Å². The monoisotopic (exact) mass is 511 g/mol. The molecule has 0 heterocycles. The van der Waals surface area contributed by atoms with Gasteiger partial charge >= 0.3 is 6.09 Å². The lowest BCUT2D eigenvalue weighted by molar-refractivity contribution is 0.0636. The van der Waals surface area contributed by atoms with Gasteiger partial charge in [0.05, 0.1) is 5.70 Å². The van der Waals surface area contributed by atoms with Gasteiger partial charge in [-0.1, -0.05) is 73.3 Å². The molecule has 7 nitrogen and oxygen atoms in total. The van der Waals surface area contributed by atoms with Gasteiger partial charge in [0.2, 0.25) is 0 Å². The number of ether oxygens (including phenoxy) is 1. The first-order chi connectivity index (χ1) is 18.1. The molecule has 4 N–H and O–H groups in total. The number of hydrogen-bond donors (Lipinski definition) is 3. The van der Waals surface area contributed by atoms with E-state index in [2.05, 4.69) is 51.4 Å². The highest BCUT2D eigenvalue weighted by molar-refractivity contribution is 6.08. The number of carbonyl (C=O) groups is 1. The molecule has 3 aromatic rings. The van der Waals surface area contributed by atoms with Gasteiger partial charge in [-0.25, -0.2) is 9.79 Å². The van der Waals surface area contributed by atoms with E-state index in [4.69, 9.17) is 10.5 Å². The number of allylic oxidation sites excluding steroid dienone is 1. The first-order valence-corrected chi connectivity index (χ1v) is 12.5. The molecule has 0 aliphatic carbocycles. The third-order valence-corrected chi connectivity index (χ3v) is 5.54. The molecule has 0 aromatic heterocycles. The number of rotatable bonds is 9. The van der Waals surface area contributed by atoms with E-state index < -0.39 is 11.7 Å². The van der Waals surface area contributed by atoms with E-state index in [9.17, 15) is 4.79 Å². The van der Waals surface area contributed by atoms with Crippen LogP contribution in [0.5, 0.6) is 0 Å². The van der Waals surface area contributed by atoms with Gasteiger partial charge in [-0.3, -0.25) is 5.32 Å². The Bertz CT molecular complexity index is 1240. The molecule has 0 radical (unpaired) electrons. The van der Waals surface area contributed by atoms with Crippen LogP contribution in [0.25, 0.3) is 0 Å². The minimum absolute atomic E-state index is 0.457. The maximum atomic E-state index is 12.2. The van der Waals surface area contributed by atoms with Crippen molar-refractivity contribution in [3.8, 4) is 0 Å². The number of carbonyl (C=O) groups excluding carboxylic acids is 1. The predicted octanol–water partition coefficient (Wildman–Crippen LogP) is 6.88. The van der Waals surface area contributed by atoms with Crippen molar-refractivity contribution in [1.29, 1.82) is 0 Å². The van der Waals surface area contributed by atoms with Crippen molar-refractivity contribution in [2.45, 2.75) is 46.4 Å². The normalized spacial score (nSPS) is 12.3. The third kappa shape index (κ3) is 8.85. The number of nitrogens with two attached hydrogens (primary N) is 1. The molecule has 0 atom stereocenters. The highest BCUT2D eigenvalue weighted by atomic mass is 16.6. The van der Waals surface area contributed by atoms with Gasteiger partial charge in [-0.2, -0.15) is 0 Å². The topological polar surface area (TPSA) is 92.0 Å². The second-order valence-electron chi connectivity index (χ2n) is 9.82. The van der Waals surface area contributed by atoms with Crippen LogP contribution in [-0.4, -0.2) is 22.4 Å². The maximum Gasteiger partial charge on any atom is 0.412 e. The van der Waals surface area contributed by atoms with Crippen LogP contribution in [0.4, 0.5) is 16.2 Å². The van der Waals surface area contributed by atoms with E-state index in [1.165, 1.54) is 17.3 Å². The predicted molar refractivity (Wildman–Crippen MR) is 157 cm³/mol. The van der Waals surface area contributed by atoms with E-state index >= 15 is 0 Å². The molecular weight excluding hydrogens is 474 g/mol. The van der Waals surface area contributed by atoms with Crippen molar-refractivity contribution in [3.05, 3.63) is 120 Å². The average molecular weight is 512 g/mol. The van der Waals surface area contributed by atoms with Crippen molar-refractivity contribution in [3.63, 3.8) is 0 Å². The maximum absolute atomic E-state index is 12.2. The van der Waals surface area contributed by atoms with E-state index in [-0.39, 0.29) is 0 Å². The van der Waals surface area contributed by atoms with Gasteiger partial charge in [0, 0.05) is 36.4 Å². The number of nitrogens with zero attached hydrogens (tertiary/aromatic N) is 2. The van der Waals surface area contributed by atoms with Crippen LogP contribution in [0.2, 0.25) is 0 Å². The summed E-state index contributed by atoms with van der Waals surface area (Å²) in [6.07, 6.45) is 0.923. The van der Waals surface area contributed by atoms with Gasteiger partial charge in [-0.05, 0) is 57.0 Å². The number of anilines is 2. The van der Waals surface area contributed by atoms with Gasteiger partial charge in [-0.15, -0.1) is 0 Å². The Morgan fingerprint density at radius 3 is 1.95 bits per heavy atom. The van der Waals surface area contributed by atoms with Crippen molar-refractivity contribution < 1.29 is 9.53 Å². The van der Waals surface area contributed by atoms with E-state index in [0.717, 1.165) is 5.70 Å². The summed E-state index contributed by atoms with van der Waals surface area (Å²) in [5, 5.41) is 6.04. The van der Waals surface area contributed by atoms with E-state index in [0.29, 0.717) is 36.0 Å². The number of amidine groups is 1. The summed E-state index contributed by atoms with van der Waals surface area (Å²) in [5.74, 6) is 0.457. The Kier molecular flexibility index (Phi) is 9.71. The second kappa shape index (κ2) is 13.1. The molecule has 3 aromatic carbocycles. The standard InChI is InChI=1S/C31H37N5O2/c1-6-33-29(34-26-18-13-19-27(20-26)35-30(37)38-31(3,4)5)28(32)23(2)36(21-24-14-9-7-10-15-24)22-25-16-11-8-12-17-25/h6-20H,1,21-22,32H2,2-5H3,(H,33,34)(H,35,37)/b28-23-. The fourth-order valence-electron chi connectivity index (χ4n) is 3.74. The summed E-state index contributed by atoms with van der Waals surface area (Å²) in [6.45, 7) is 12.6. The van der Waals surface area contributed by atoms with Gasteiger partial charge in [0.25, 0.3) is 0 Å². The quantitative estimate of drug-likeness (QED) is 0.215. The molecule has 38 heavy (non-hydrogen) atoms. The van der Waals surface area contributed by atoms with Crippen molar-refractivity contribution in [2.75, 3.05) is 10.6 Å². The van der Waals surface area contributed by atoms with Crippen molar-refractivity contribution in [2.24, 2.45) is 10.7 Å². The zero-order chi connectivity index (χ0) is 27.5. The average Bonchev–Trinajstić information content (AvgIpc) is 2.87. The highest BCUT2D eigenvalue weighted by Gasteiger charge is 2.17. The third-order valence-electron chi connectivity index (χ3n) is 5.54. The minimum atomic E-state index is -0.591. The first kappa shape index (κ1) is 28.1. The molecule has 0 aliphatic rings. The van der Waals surface area contributed by atoms with Crippen LogP contribution in [0.3, 0.4) is 0 Å². The molecule has 3 rings (SSSR count). The molecule has 7 heteroatoms. The van der Waals surface area contributed by atoms with Gasteiger partial charge in [0.1, 0.15) is 5.60 Å². The number of nitrogens with one attached hydrogen (secondary N) is 2. The molecule has 0 saturated heterocycles. The van der Waals surface area contributed by atoms with Gasteiger partial charge in [0.15, 0.2) is 5.84 Å². The largest absolute Gasteiger partial charge is 0.444 e. The lowest BCUT2D eigenvalue weighted by Gasteiger charge is -2.28. The Balaban J connectivity index is 1.86. The van der Waals surface area contributed by atoms with Crippen LogP contribution in [0.1, 0.15) is 38.8 Å². The molecule has 0 saturated carbocycles. The highest BCUT2D eigenvalue weighted by Crippen LogP contribution is 2.21. The Morgan fingerprint density at radius 1 is 0.921 bits per heavy atom. The summed E-state index contributed by atoms with van der Waals surface area (Å²) in [5.41, 5.74) is 11.1. The molecule has 0 spiro atoms. The van der Waals surface area contributed by atoms with Crippen LogP contribution in [0.15, 0.2) is 114 Å². The Morgan fingerprint density at radius 2 is 1.45 bits per heavy atom. The molecule has 0 aliphatic heterocycles. The zero-order valence-corrected chi connectivity index (χ0v) is 22.6. The lowest BCUT2D eigenvalue weighted by Crippen LogP contribution is -2.29. The summed E-state index contributed by atoms with van der Waals surface area (Å²) in [7, 11) is 0. The summed E-state index contributed by atoms with van der Waals surface area (Å²) >= 11 is 0. The second-order valence-corrected chi connectivity index (χ2v) is 9.82. The van der Waals surface area contributed by atoms with Crippen LogP contribution in [-0.2, 0) is 17.8 Å². The fraction of sp³-hybridized carbons (Fsp3) is 0.226. The smallest absolute Gasteiger partial charge is 0.412 e. The lowest BCUT2D eigenvalue weighted by atomic mass is 10.1. The zero-order valence-electron chi connectivity index (χ0n) is 22.6. The molecule has 1 amide bonds. The SMILES string of the molecule is C=CN=C(Nc1cccc(NC(=O)OC(C)(C)C)c1)/C(N)=C(\C)N(Cc1ccccc1)Cc1ccccc1. The Labute approximate surface area is 225 Å². The summed E-state index contributed by atoms with van der Waals surface area (Å²) in [4.78, 5) is 18.9. The first-order valence-electron chi connectivity index (χ1n) is 12.5. The molecule has 0 unspecified atom stereocenters. The van der Waals surface area contributed by atoms with Crippen molar-refractivity contribution in [1.82, 2.24) is 4.90 Å². The number of benzene rings is 3.